The first-order valence-corrected chi connectivity index (χ1v) is 9.08. The van der Waals surface area contributed by atoms with Gasteiger partial charge in [-0.15, -0.1) is 0 Å². The molecule has 1 saturated heterocycles. The van der Waals surface area contributed by atoms with Crippen LogP contribution in [0.4, 0.5) is 5.69 Å². The summed E-state index contributed by atoms with van der Waals surface area (Å²) in [6, 6.07) is 10.7. The first-order valence-electron chi connectivity index (χ1n) is 9.08. The van der Waals surface area contributed by atoms with Gasteiger partial charge in [-0.2, -0.15) is 0 Å². The summed E-state index contributed by atoms with van der Waals surface area (Å²) in [6.07, 6.45) is 7.69. The summed E-state index contributed by atoms with van der Waals surface area (Å²) in [5.74, 6) is 1.54. The maximum Gasteiger partial charge on any atom is 0.161 e. The first kappa shape index (κ1) is 18.3. The zero-order chi connectivity index (χ0) is 18.2. The average Bonchev–Trinajstić information content (AvgIpc) is 2.69. The highest BCUT2D eigenvalue weighted by Crippen LogP contribution is 2.29. The Balaban J connectivity index is 1.53. The van der Waals surface area contributed by atoms with Crippen molar-refractivity contribution in [3.63, 3.8) is 0 Å². The van der Waals surface area contributed by atoms with Gasteiger partial charge in [0.05, 0.1) is 12.8 Å². The molecule has 0 unspecified atom stereocenters. The molecule has 0 atom stereocenters. The van der Waals surface area contributed by atoms with Crippen LogP contribution in [0.2, 0.25) is 0 Å². The summed E-state index contributed by atoms with van der Waals surface area (Å²) in [5.41, 5.74) is 2.34. The fourth-order valence-corrected chi connectivity index (χ4v) is 3.26. The van der Waals surface area contributed by atoms with Crippen molar-refractivity contribution < 1.29 is 9.47 Å². The number of rotatable bonds is 8. The normalized spacial score (nSPS) is 15.4. The molecule has 1 aliphatic rings. The van der Waals surface area contributed by atoms with Crippen LogP contribution >= 0.6 is 0 Å². The van der Waals surface area contributed by atoms with Gasteiger partial charge in [0.15, 0.2) is 11.5 Å². The fourth-order valence-electron chi connectivity index (χ4n) is 3.26. The van der Waals surface area contributed by atoms with E-state index in [0.29, 0.717) is 12.6 Å². The Bertz CT molecular complexity index is 698. The number of piperidine rings is 1. The molecule has 0 amide bonds. The molecular weight excluding hydrogens is 326 g/mol. The van der Waals surface area contributed by atoms with E-state index in [1.54, 1.807) is 19.4 Å². The molecule has 2 heterocycles. The van der Waals surface area contributed by atoms with Gasteiger partial charge >= 0.3 is 0 Å². The van der Waals surface area contributed by atoms with Crippen molar-refractivity contribution in [3.8, 4) is 11.5 Å². The second-order valence-electron chi connectivity index (χ2n) is 6.52. The third-order valence-corrected chi connectivity index (χ3v) is 4.61. The van der Waals surface area contributed by atoms with Crippen molar-refractivity contribution in [2.45, 2.75) is 25.4 Å². The Morgan fingerprint density at radius 1 is 1.27 bits per heavy atom. The molecule has 3 rings (SSSR count). The number of nitrogens with one attached hydrogen (secondary N) is 1. The van der Waals surface area contributed by atoms with Gasteiger partial charge in [-0.25, -0.2) is 0 Å². The third kappa shape index (κ3) is 4.99. The number of hydrogen-bond acceptors (Lipinski definition) is 5. The molecule has 0 aliphatic carbocycles. The number of nitrogens with zero attached hydrogens (tertiary/aromatic N) is 2. The summed E-state index contributed by atoms with van der Waals surface area (Å²) in [7, 11) is 1.66. The van der Waals surface area contributed by atoms with Gasteiger partial charge < -0.3 is 14.8 Å². The summed E-state index contributed by atoms with van der Waals surface area (Å²) in [6.45, 7) is 7.25. The number of hydrogen-bond donors (Lipinski definition) is 1. The lowest BCUT2D eigenvalue weighted by molar-refractivity contribution is 0.211. The Morgan fingerprint density at radius 3 is 2.81 bits per heavy atom. The lowest BCUT2D eigenvalue weighted by atomic mass is 10.0. The molecule has 26 heavy (non-hydrogen) atoms. The third-order valence-electron chi connectivity index (χ3n) is 4.61. The van der Waals surface area contributed by atoms with E-state index < -0.39 is 0 Å². The summed E-state index contributed by atoms with van der Waals surface area (Å²) in [4.78, 5) is 6.65. The monoisotopic (exact) mass is 353 g/mol. The smallest absolute Gasteiger partial charge is 0.161 e. The van der Waals surface area contributed by atoms with E-state index in [9.17, 15) is 0 Å². The number of likely N-dealkylation sites (tertiary alicyclic amines) is 1. The second kappa shape index (κ2) is 9.25. The van der Waals surface area contributed by atoms with Gasteiger partial charge in [0, 0.05) is 38.1 Å². The minimum absolute atomic E-state index is 0.477. The Morgan fingerprint density at radius 2 is 2.12 bits per heavy atom. The molecule has 0 saturated carbocycles. The van der Waals surface area contributed by atoms with E-state index in [1.807, 2.05) is 18.3 Å². The SMILES string of the molecule is C=CCOc1cc(CN2CCC(Nc3cccnc3)CC2)ccc1OC. The standard InChI is InChI=1S/C21H27N3O2/c1-3-13-26-21-14-17(6-7-20(21)25-2)16-24-11-8-18(9-12-24)23-19-5-4-10-22-15-19/h3-7,10,14-15,18,23H,1,8-9,11-13,16H2,2H3. The number of aromatic nitrogens is 1. The van der Waals surface area contributed by atoms with Crippen LogP contribution in [-0.2, 0) is 6.54 Å². The molecule has 2 aromatic rings. The fraction of sp³-hybridized carbons (Fsp3) is 0.381. The molecule has 0 radical (unpaired) electrons. The van der Waals surface area contributed by atoms with Gasteiger partial charge in [0.25, 0.3) is 0 Å². The Labute approximate surface area is 155 Å². The number of methoxy groups -OCH3 is 1. The van der Waals surface area contributed by atoms with E-state index in [4.69, 9.17) is 9.47 Å². The summed E-state index contributed by atoms with van der Waals surface area (Å²) >= 11 is 0. The van der Waals surface area contributed by atoms with Crippen LogP contribution in [0.3, 0.4) is 0 Å². The van der Waals surface area contributed by atoms with Gasteiger partial charge in [0.1, 0.15) is 6.61 Å². The second-order valence-corrected chi connectivity index (χ2v) is 6.52. The highest BCUT2D eigenvalue weighted by molar-refractivity contribution is 5.43. The molecule has 1 fully saturated rings. The molecule has 1 N–H and O–H groups in total. The molecule has 1 aromatic carbocycles. The van der Waals surface area contributed by atoms with E-state index in [0.717, 1.165) is 49.7 Å². The van der Waals surface area contributed by atoms with E-state index in [2.05, 4.69) is 40.0 Å². The highest BCUT2D eigenvalue weighted by atomic mass is 16.5. The van der Waals surface area contributed by atoms with Crippen LogP contribution in [0.15, 0.2) is 55.4 Å². The van der Waals surface area contributed by atoms with Crippen molar-refractivity contribution in [2.24, 2.45) is 0 Å². The summed E-state index contributed by atoms with van der Waals surface area (Å²) < 4.78 is 11.1. The van der Waals surface area contributed by atoms with Gasteiger partial charge in [-0.1, -0.05) is 18.7 Å². The van der Waals surface area contributed by atoms with Crippen molar-refractivity contribution in [2.75, 3.05) is 32.1 Å². The van der Waals surface area contributed by atoms with Crippen molar-refractivity contribution in [1.29, 1.82) is 0 Å². The maximum absolute atomic E-state index is 5.71. The van der Waals surface area contributed by atoms with Crippen LogP contribution in [0.25, 0.3) is 0 Å². The van der Waals surface area contributed by atoms with Crippen molar-refractivity contribution >= 4 is 5.69 Å². The van der Waals surface area contributed by atoms with E-state index in [-0.39, 0.29) is 0 Å². The maximum atomic E-state index is 5.71. The lowest BCUT2D eigenvalue weighted by Gasteiger charge is -2.33. The van der Waals surface area contributed by atoms with Crippen LogP contribution < -0.4 is 14.8 Å². The quantitative estimate of drug-likeness (QED) is 0.733. The zero-order valence-electron chi connectivity index (χ0n) is 15.4. The minimum Gasteiger partial charge on any atom is -0.493 e. The Kier molecular flexibility index (Phi) is 6.50. The molecule has 1 aliphatic heterocycles. The number of anilines is 1. The average molecular weight is 353 g/mol. The molecular formula is C21H27N3O2. The topological polar surface area (TPSA) is 46.6 Å². The molecule has 138 valence electrons. The summed E-state index contributed by atoms with van der Waals surface area (Å²) in [5, 5.41) is 3.58. The number of ether oxygens (including phenoxy) is 2. The first-order chi connectivity index (χ1) is 12.8. The van der Waals surface area contributed by atoms with Crippen LogP contribution in [-0.4, -0.2) is 42.7 Å². The predicted molar refractivity (Wildman–Crippen MR) is 105 cm³/mol. The predicted octanol–water partition coefficient (Wildman–Crippen LogP) is 3.73. The number of benzene rings is 1. The number of pyridine rings is 1. The molecule has 5 nitrogen and oxygen atoms in total. The largest absolute Gasteiger partial charge is 0.493 e. The molecule has 5 heteroatoms. The van der Waals surface area contributed by atoms with Crippen LogP contribution in [0.5, 0.6) is 11.5 Å². The molecule has 0 spiro atoms. The highest BCUT2D eigenvalue weighted by Gasteiger charge is 2.19. The minimum atomic E-state index is 0.477. The van der Waals surface area contributed by atoms with E-state index in [1.165, 1.54) is 5.56 Å². The van der Waals surface area contributed by atoms with Crippen molar-refractivity contribution in [3.05, 3.63) is 60.9 Å². The van der Waals surface area contributed by atoms with Gasteiger partial charge in [-0.05, 0) is 42.7 Å². The van der Waals surface area contributed by atoms with E-state index >= 15 is 0 Å². The van der Waals surface area contributed by atoms with Crippen LogP contribution in [0.1, 0.15) is 18.4 Å². The molecule has 1 aromatic heterocycles. The zero-order valence-corrected chi connectivity index (χ0v) is 15.4. The Hall–Kier alpha value is -2.53. The van der Waals surface area contributed by atoms with Gasteiger partial charge in [0.2, 0.25) is 0 Å². The van der Waals surface area contributed by atoms with Crippen molar-refractivity contribution in [1.82, 2.24) is 9.88 Å². The van der Waals surface area contributed by atoms with Gasteiger partial charge in [-0.3, -0.25) is 9.88 Å². The molecule has 0 bridgehead atoms. The lowest BCUT2D eigenvalue weighted by Crippen LogP contribution is -2.38. The van der Waals surface area contributed by atoms with Crippen LogP contribution in [0, 0.1) is 0 Å².